The maximum absolute atomic E-state index is 12.6. The average molecular weight is 803 g/mol. The third-order valence-electron chi connectivity index (χ3n) is 7.48. The fraction of sp³-hybridized carbons (Fsp3) is 0.594. The number of hydrogen-bond donors (Lipinski definition) is 0. The highest BCUT2D eigenvalue weighted by Gasteiger charge is 2.58. The molecule has 24 heteroatoms. The van der Waals surface area contributed by atoms with Crippen molar-refractivity contribution in [1.29, 1.82) is 0 Å². The van der Waals surface area contributed by atoms with Gasteiger partial charge in [-0.25, -0.2) is 0 Å². The maximum Gasteiger partial charge on any atom is 0.317 e. The summed E-state index contributed by atoms with van der Waals surface area (Å²) in [7, 11) is 0. The van der Waals surface area contributed by atoms with Crippen molar-refractivity contribution in [1.82, 2.24) is 0 Å². The van der Waals surface area contributed by atoms with Gasteiger partial charge in [0.25, 0.3) is 5.69 Å². The number of ether oxygens (including phenoxy) is 11. The molecular weight excluding hydrogens is 764 g/mol. The predicted molar refractivity (Wildman–Crippen MR) is 174 cm³/mol. The lowest BCUT2D eigenvalue weighted by molar-refractivity contribution is -0.395. The molecule has 0 aromatic heterocycles. The first-order chi connectivity index (χ1) is 26.2. The van der Waals surface area contributed by atoms with Crippen molar-refractivity contribution in [3.63, 3.8) is 0 Å². The van der Waals surface area contributed by atoms with E-state index in [1.807, 2.05) is 0 Å². The molecule has 2 heterocycles. The van der Waals surface area contributed by atoms with Crippen molar-refractivity contribution in [2.24, 2.45) is 0 Å². The minimum atomic E-state index is -1.97. The molecule has 24 nitrogen and oxygen atoms in total. The van der Waals surface area contributed by atoms with Gasteiger partial charge in [0.1, 0.15) is 31.5 Å². The van der Waals surface area contributed by atoms with E-state index >= 15 is 0 Å². The number of nitro benzene ring substituents is 2. The van der Waals surface area contributed by atoms with E-state index in [2.05, 4.69) is 0 Å². The van der Waals surface area contributed by atoms with E-state index < -0.39 is 143 Å². The molecule has 0 radical (unpaired) electrons. The molecule has 1 aromatic carbocycles. The summed E-state index contributed by atoms with van der Waals surface area (Å²) in [5.41, 5.74) is -1.62. The molecule has 0 saturated carbocycles. The van der Waals surface area contributed by atoms with Crippen molar-refractivity contribution in [2.45, 2.75) is 110 Å². The van der Waals surface area contributed by atoms with Gasteiger partial charge in [-0.05, 0) is 6.07 Å². The summed E-state index contributed by atoms with van der Waals surface area (Å²) in [6, 6.07) is 2.30. The Bertz CT molecular complexity index is 1700. The number of nitrogens with zero attached hydrogens (tertiary/aromatic N) is 2. The van der Waals surface area contributed by atoms with E-state index in [0.717, 1.165) is 60.6 Å². The van der Waals surface area contributed by atoms with Crippen LogP contribution in [0.5, 0.6) is 5.75 Å². The Balaban J connectivity index is 2.22. The number of carbonyl (C=O) groups is 7. The number of carbonyl (C=O) groups excluding carboxylic acids is 7. The van der Waals surface area contributed by atoms with E-state index in [9.17, 15) is 53.8 Å². The molecule has 2 fully saturated rings. The number of non-ortho nitro benzene ring substituents is 1. The highest BCUT2D eigenvalue weighted by molar-refractivity contribution is 5.69. The Morgan fingerprint density at radius 1 is 0.554 bits per heavy atom. The van der Waals surface area contributed by atoms with Crippen LogP contribution in [0.2, 0.25) is 0 Å². The zero-order valence-corrected chi connectivity index (χ0v) is 30.8. The van der Waals surface area contributed by atoms with E-state index in [1.165, 1.54) is 0 Å². The Morgan fingerprint density at radius 2 is 0.964 bits per heavy atom. The molecule has 0 N–H and O–H groups in total. The summed E-state index contributed by atoms with van der Waals surface area (Å²) in [5, 5.41) is 23.2. The first-order valence-electron chi connectivity index (χ1n) is 16.4. The smallest absolute Gasteiger partial charge is 0.317 e. The monoisotopic (exact) mass is 802 g/mol. The van der Waals surface area contributed by atoms with Crippen molar-refractivity contribution in [3.05, 3.63) is 38.4 Å². The first kappa shape index (κ1) is 44.4. The van der Waals surface area contributed by atoms with Crippen LogP contribution >= 0.6 is 0 Å². The highest BCUT2D eigenvalue weighted by atomic mass is 16.8. The van der Waals surface area contributed by atoms with E-state index in [1.54, 1.807) is 0 Å². The second kappa shape index (κ2) is 19.5. The Hall–Kier alpha value is -6.01. The molecular formula is C32H38N2O22. The lowest BCUT2D eigenvalue weighted by atomic mass is 9.96. The third kappa shape index (κ3) is 12.3. The fourth-order valence-corrected chi connectivity index (χ4v) is 5.55. The largest absolute Gasteiger partial charge is 0.463 e. The van der Waals surface area contributed by atoms with Gasteiger partial charge in [0, 0.05) is 54.5 Å². The summed E-state index contributed by atoms with van der Waals surface area (Å²) in [6.07, 6.45) is -17.9. The standard InChI is InChI=1S/C32H38N2O22/c1-13(35)46-11-23-25(48-15(3)37)27(49-16(4)38)30(52-19(7)41)32(55-23)56-26-24(12-47-14(2)36)54-31(29(51-18(6)40)28(26)50-17(5)39)53-22-9-8-20(33(42)43)10-21(22)34(44)45/h8-10,23-32H,11-12H2,1-7H3/t23-,24-,25-,26-,27+,28+,29+,30+,31-,32+/m1/s1. The lowest BCUT2D eigenvalue weighted by Gasteiger charge is -2.48. The van der Waals surface area contributed by atoms with Gasteiger partial charge < -0.3 is 52.1 Å². The molecule has 2 aliphatic rings. The predicted octanol–water partition coefficient (Wildman–Crippen LogP) is 0.502. The van der Waals surface area contributed by atoms with Gasteiger partial charge in [-0.2, -0.15) is 0 Å². The summed E-state index contributed by atoms with van der Waals surface area (Å²) in [5.74, 6) is -7.35. The van der Waals surface area contributed by atoms with Gasteiger partial charge in [0.05, 0.1) is 15.9 Å². The van der Waals surface area contributed by atoms with Crippen LogP contribution in [-0.2, 0) is 80.9 Å². The van der Waals surface area contributed by atoms with Crippen LogP contribution in [0, 0.1) is 20.2 Å². The molecule has 0 unspecified atom stereocenters. The molecule has 2 aliphatic heterocycles. The van der Waals surface area contributed by atoms with Crippen LogP contribution < -0.4 is 4.74 Å². The molecule has 0 amide bonds. The molecule has 2 saturated heterocycles. The van der Waals surface area contributed by atoms with Crippen molar-refractivity contribution >= 4 is 53.2 Å². The Kier molecular flexibility index (Phi) is 15.5. The van der Waals surface area contributed by atoms with Crippen molar-refractivity contribution in [3.8, 4) is 5.75 Å². The summed E-state index contributed by atoms with van der Waals surface area (Å²) >= 11 is 0. The lowest BCUT2D eigenvalue weighted by Crippen LogP contribution is -2.67. The molecule has 0 spiro atoms. The minimum absolute atomic E-state index is 0.579. The van der Waals surface area contributed by atoms with Gasteiger partial charge in [0.2, 0.25) is 18.1 Å². The quantitative estimate of drug-likeness (QED) is 0.101. The van der Waals surface area contributed by atoms with E-state index in [4.69, 9.17) is 52.1 Å². The van der Waals surface area contributed by atoms with Gasteiger partial charge in [-0.15, -0.1) is 0 Å². The molecule has 0 aliphatic carbocycles. The second-order valence-corrected chi connectivity index (χ2v) is 11.9. The van der Waals surface area contributed by atoms with E-state index in [0.29, 0.717) is 6.07 Å². The highest BCUT2D eigenvalue weighted by Crippen LogP contribution is 2.38. The fourth-order valence-electron chi connectivity index (χ4n) is 5.55. The Labute approximate surface area is 316 Å². The van der Waals surface area contributed by atoms with Crippen LogP contribution in [-0.4, -0.2) is 126 Å². The number of benzene rings is 1. The molecule has 1 aromatic rings. The molecule has 56 heavy (non-hydrogen) atoms. The molecule has 308 valence electrons. The van der Waals surface area contributed by atoms with Crippen LogP contribution in [0.4, 0.5) is 11.4 Å². The van der Waals surface area contributed by atoms with Gasteiger partial charge in [-0.3, -0.25) is 53.8 Å². The minimum Gasteiger partial charge on any atom is -0.463 e. The molecule has 0 bridgehead atoms. The number of hydrogen-bond acceptors (Lipinski definition) is 22. The van der Waals surface area contributed by atoms with Gasteiger partial charge >= 0.3 is 47.5 Å². The summed E-state index contributed by atoms with van der Waals surface area (Å²) in [6.45, 7) is 5.42. The Morgan fingerprint density at radius 3 is 1.41 bits per heavy atom. The first-order valence-corrected chi connectivity index (χ1v) is 16.4. The topological polar surface area (TPSA) is 307 Å². The van der Waals surface area contributed by atoms with Crippen molar-refractivity contribution < 1.29 is 95.5 Å². The average Bonchev–Trinajstić information content (AvgIpc) is 3.07. The summed E-state index contributed by atoms with van der Waals surface area (Å²) < 4.78 is 61.3. The summed E-state index contributed by atoms with van der Waals surface area (Å²) in [4.78, 5) is 107. The normalized spacial score (nSPS) is 27.0. The van der Waals surface area contributed by atoms with Crippen LogP contribution in [0.25, 0.3) is 0 Å². The van der Waals surface area contributed by atoms with Crippen molar-refractivity contribution in [2.75, 3.05) is 13.2 Å². The van der Waals surface area contributed by atoms with Gasteiger partial charge in [0.15, 0.2) is 30.7 Å². The SMILES string of the molecule is CC(=O)OC[C@H]1O[C@@H](O[C@H]2[C@H](OC(C)=O)[C@H](OC(C)=O)[C@H](Oc3ccc([N+](=O)[O-])cc3[N+](=O)[O-])O[C@@H]2COC(C)=O)[C@@H](OC(C)=O)[C@@H](OC(C)=O)[C@@H]1OC(C)=O. The molecule has 3 rings (SSSR count). The van der Waals surface area contributed by atoms with Crippen LogP contribution in [0.1, 0.15) is 48.5 Å². The number of nitro groups is 2. The van der Waals surface area contributed by atoms with Crippen LogP contribution in [0.15, 0.2) is 18.2 Å². The number of rotatable bonds is 15. The number of esters is 7. The van der Waals surface area contributed by atoms with Gasteiger partial charge in [-0.1, -0.05) is 0 Å². The maximum atomic E-state index is 12.6. The zero-order chi connectivity index (χ0) is 42.0. The molecule has 10 atom stereocenters. The zero-order valence-electron chi connectivity index (χ0n) is 30.8. The third-order valence-corrected chi connectivity index (χ3v) is 7.48. The van der Waals surface area contributed by atoms with E-state index in [-0.39, 0.29) is 0 Å². The second-order valence-electron chi connectivity index (χ2n) is 11.9. The van der Waals surface area contributed by atoms with Crippen LogP contribution in [0.3, 0.4) is 0 Å².